The third-order valence-corrected chi connectivity index (χ3v) is 4.62. The Bertz CT molecular complexity index is 609. The maximum Gasteiger partial charge on any atom is 0.188 e. The molecule has 0 aromatic carbocycles. The van der Waals surface area contributed by atoms with Crippen LogP contribution in [0.5, 0.6) is 0 Å². The minimum atomic E-state index is 0. The van der Waals surface area contributed by atoms with E-state index < -0.39 is 0 Å². The highest BCUT2D eigenvalue weighted by Crippen LogP contribution is 2.24. The first-order chi connectivity index (χ1) is 10.3. The van der Waals surface area contributed by atoms with E-state index in [9.17, 15) is 0 Å². The van der Waals surface area contributed by atoms with Crippen molar-refractivity contribution in [2.45, 2.75) is 38.6 Å². The van der Waals surface area contributed by atoms with Gasteiger partial charge in [-0.2, -0.15) is 0 Å². The lowest BCUT2D eigenvalue weighted by Crippen LogP contribution is -2.33. The van der Waals surface area contributed by atoms with Gasteiger partial charge in [0.2, 0.25) is 0 Å². The molecule has 0 saturated carbocycles. The molecule has 2 aromatic heterocycles. The number of hydrogen-bond acceptors (Lipinski definition) is 4. The summed E-state index contributed by atoms with van der Waals surface area (Å²) in [7, 11) is 0. The van der Waals surface area contributed by atoms with Gasteiger partial charge in [-0.25, -0.2) is 4.99 Å². The molecule has 22 heavy (non-hydrogen) atoms. The minimum Gasteiger partial charge on any atom is -0.370 e. The van der Waals surface area contributed by atoms with Crippen LogP contribution in [-0.2, 0) is 25.8 Å². The van der Waals surface area contributed by atoms with Gasteiger partial charge in [-0.3, -0.25) is 0 Å². The van der Waals surface area contributed by atoms with Crippen LogP contribution in [0.4, 0.5) is 0 Å². The molecule has 0 unspecified atom stereocenters. The van der Waals surface area contributed by atoms with Gasteiger partial charge in [-0.05, 0) is 37.1 Å². The summed E-state index contributed by atoms with van der Waals surface area (Å²) >= 11 is 1.76. The molecule has 1 aliphatic rings. The van der Waals surface area contributed by atoms with E-state index >= 15 is 0 Å². The molecule has 7 heteroatoms. The molecule has 5 nitrogen and oxygen atoms in total. The molecule has 2 aromatic rings. The molecule has 3 rings (SSSR count). The van der Waals surface area contributed by atoms with Crippen LogP contribution in [0.25, 0.3) is 0 Å². The SMILES string of the molecule is I.NC(=NCc1noc2c1CCCC2)NCCc1cccs1. The van der Waals surface area contributed by atoms with Crippen molar-refractivity contribution in [1.29, 1.82) is 0 Å². The second kappa shape index (κ2) is 8.52. The van der Waals surface area contributed by atoms with Crippen LogP contribution >= 0.6 is 35.3 Å². The lowest BCUT2D eigenvalue weighted by molar-refractivity contribution is 0.368. The predicted molar refractivity (Wildman–Crippen MR) is 99.9 cm³/mol. The molecule has 0 radical (unpaired) electrons. The van der Waals surface area contributed by atoms with Crippen molar-refractivity contribution in [2.75, 3.05) is 6.54 Å². The Balaban J connectivity index is 0.00000176. The number of thiophene rings is 1. The monoisotopic (exact) mass is 432 g/mol. The predicted octanol–water partition coefficient (Wildman–Crippen LogP) is 2.88. The van der Waals surface area contributed by atoms with E-state index in [1.165, 1.54) is 23.3 Å². The molecule has 0 amide bonds. The summed E-state index contributed by atoms with van der Waals surface area (Å²) in [6, 6.07) is 4.19. The molecule has 120 valence electrons. The van der Waals surface area contributed by atoms with Crippen LogP contribution in [0.1, 0.15) is 34.7 Å². The van der Waals surface area contributed by atoms with Gasteiger partial charge >= 0.3 is 0 Å². The number of halogens is 1. The maximum absolute atomic E-state index is 5.89. The van der Waals surface area contributed by atoms with Gasteiger partial charge in [0.05, 0.1) is 6.54 Å². The van der Waals surface area contributed by atoms with Crippen LogP contribution in [0, 0.1) is 0 Å². The molecule has 0 atom stereocenters. The highest BCUT2D eigenvalue weighted by molar-refractivity contribution is 14.0. The number of aryl methyl sites for hydroxylation is 1. The highest BCUT2D eigenvalue weighted by atomic mass is 127. The summed E-state index contributed by atoms with van der Waals surface area (Å²) < 4.78 is 5.37. The number of hydrogen-bond donors (Lipinski definition) is 2. The largest absolute Gasteiger partial charge is 0.370 e. The van der Waals surface area contributed by atoms with Gasteiger partial charge in [-0.1, -0.05) is 11.2 Å². The van der Waals surface area contributed by atoms with Gasteiger partial charge in [0.15, 0.2) is 5.96 Å². The summed E-state index contributed by atoms with van der Waals surface area (Å²) in [5.41, 5.74) is 8.07. The van der Waals surface area contributed by atoms with Gasteiger partial charge < -0.3 is 15.6 Å². The van der Waals surface area contributed by atoms with Crippen molar-refractivity contribution >= 4 is 41.3 Å². The normalized spacial score (nSPS) is 14.3. The number of guanidine groups is 1. The first kappa shape index (κ1) is 17.3. The molecule has 0 spiro atoms. The standard InChI is InChI=1S/C15H20N4OS.HI/c16-15(17-8-7-11-4-3-9-21-11)18-10-13-12-5-1-2-6-14(12)20-19-13;/h3-4,9H,1-2,5-8,10H2,(H3,16,17,18);1H. The molecule has 3 N–H and O–H groups in total. The summed E-state index contributed by atoms with van der Waals surface area (Å²) in [4.78, 5) is 5.71. The zero-order chi connectivity index (χ0) is 14.5. The van der Waals surface area contributed by atoms with E-state index in [1.807, 2.05) is 0 Å². The number of nitrogens with two attached hydrogens (primary N) is 1. The highest BCUT2D eigenvalue weighted by Gasteiger charge is 2.18. The van der Waals surface area contributed by atoms with Crippen molar-refractivity contribution in [3.8, 4) is 0 Å². The van der Waals surface area contributed by atoms with E-state index in [4.69, 9.17) is 10.3 Å². The van der Waals surface area contributed by atoms with Crippen molar-refractivity contribution in [1.82, 2.24) is 10.5 Å². The lowest BCUT2D eigenvalue weighted by Gasteiger charge is -2.08. The Morgan fingerprint density at radius 1 is 1.41 bits per heavy atom. The molecule has 0 aliphatic heterocycles. The number of rotatable bonds is 5. The fraction of sp³-hybridized carbons (Fsp3) is 0.467. The van der Waals surface area contributed by atoms with Gasteiger partial charge in [-0.15, -0.1) is 35.3 Å². The zero-order valence-electron chi connectivity index (χ0n) is 12.4. The first-order valence-corrected chi connectivity index (χ1v) is 8.23. The molecular weight excluding hydrogens is 411 g/mol. The quantitative estimate of drug-likeness (QED) is 0.433. The smallest absolute Gasteiger partial charge is 0.188 e. The number of nitrogens with zero attached hydrogens (tertiary/aromatic N) is 2. The Labute approximate surface area is 151 Å². The summed E-state index contributed by atoms with van der Waals surface area (Å²) in [6.45, 7) is 1.30. The third kappa shape index (κ3) is 4.45. The zero-order valence-corrected chi connectivity index (χ0v) is 15.5. The van der Waals surface area contributed by atoms with E-state index in [0.29, 0.717) is 12.5 Å². The van der Waals surface area contributed by atoms with E-state index in [-0.39, 0.29) is 24.0 Å². The fourth-order valence-corrected chi connectivity index (χ4v) is 3.27. The number of aliphatic imine (C=N–C) groups is 1. The van der Waals surface area contributed by atoms with Crippen LogP contribution in [-0.4, -0.2) is 17.7 Å². The first-order valence-electron chi connectivity index (χ1n) is 7.35. The van der Waals surface area contributed by atoms with Crippen molar-refractivity contribution < 1.29 is 4.52 Å². The third-order valence-electron chi connectivity index (χ3n) is 3.69. The van der Waals surface area contributed by atoms with E-state index in [2.05, 4.69) is 33.0 Å². The average molecular weight is 432 g/mol. The fourth-order valence-electron chi connectivity index (χ4n) is 2.56. The van der Waals surface area contributed by atoms with Crippen molar-refractivity contribution in [3.63, 3.8) is 0 Å². The van der Waals surface area contributed by atoms with Crippen LogP contribution < -0.4 is 11.1 Å². The molecule has 0 bridgehead atoms. The van der Waals surface area contributed by atoms with Crippen molar-refractivity contribution in [3.05, 3.63) is 39.4 Å². The van der Waals surface area contributed by atoms with Crippen LogP contribution in [0.3, 0.4) is 0 Å². The Morgan fingerprint density at radius 2 is 2.27 bits per heavy atom. The number of fused-ring (bicyclic) bond motifs is 1. The maximum atomic E-state index is 5.89. The summed E-state index contributed by atoms with van der Waals surface area (Å²) in [5.74, 6) is 1.51. The lowest BCUT2D eigenvalue weighted by atomic mass is 9.96. The molecule has 0 fully saturated rings. The Hall–Kier alpha value is -1.09. The second-order valence-electron chi connectivity index (χ2n) is 5.20. The molecule has 1 aliphatic carbocycles. The minimum absolute atomic E-state index is 0. The van der Waals surface area contributed by atoms with E-state index in [1.54, 1.807) is 11.3 Å². The summed E-state index contributed by atoms with van der Waals surface area (Å²) in [5, 5.41) is 9.35. The Morgan fingerprint density at radius 3 is 3.09 bits per heavy atom. The molecule has 2 heterocycles. The van der Waals surface area contributed by atoms with Gasteiger partial charge in [0.25, 0.3) is 0 Å². The topological polar surface area (TPSA) is 76.4 Å². The number of nitrogens with one attached hydrogen (secondary N) is 1. The second-order valence-corrected chi connectivity index (χ2v) is 6.23. The molecular formula is C15H21IN4OS. The number of aromatic nitrogens is 1. The molecule has 0 saturated heterocycles. The van der Waals surface area contributed by atoms with Crippen LogP contribution in [0.2, 0.25) is 0 Å². The van der Waals surface area contributed by atoms with Crippen LogP contribution in [0.15, 0.2) is 27.0 Å². The van der Waals surface area contributed by atoms with Gasteiger partial charge in [0, 0.05) is 23.4 Å². The van der Waals surface area contributed by atoms with Crippen molar-refractivity contribution in [2.24, 2.45) is 10.7 Å². The van der Waals surface area contributed by atoms with Gasteiger partial charge in [0.1, 0.15) is 11.5 Å². The average Bonchev–Trinajstić information content (AvgIpc) is 3.14. The summed E-state index contributed by atoms with van der Waals surface area (Å²) in [6.07, 6.45) is 5.42. The Kier molecular flexibility index (Phi) is 6.69. The van der Waals surface area contributed by atoms with E-state index in [0.717, 1.165) is 37.3 Å².